The molecule has 0 radical (unpaired) electrons. The summed E-state index contributed by atoms with van der Waals surface area (Å²) in [5.41, 5.74) is 4.32. The summed E-state index contributed by atoms with van der Waals surface area (Å²) in [5.74, 6) is 0. The molecular weight excluding hydrogens is 300 g/mol. The fourth-order valence-electron chi connectivity index (χ4n) is 1.32. The number of hydrogen-bond acceptors (Lipinski definition) is 1. The molecule has 1 nitrogen and oxygen atoms in total. The molecule has 0 aromatic heterocycles. The van der Waals surface area contributed by atoms with E-state index in [4.69, 9.17) is 17.3 Å². The first-order valence-corrected chi connectivity index (χ1v) is 4.99. The lowest BCUT2D eigenvalue weighted by Gasteiger charge is -2.14. The second-order valence-corrected chi connectivity index (χ2v) is 3.94. The molecule has 104 valence electrons. The Labute approximate surface area is 112 Å². The number of halogens is 7. The van der Waals surface area contributed by atoms with Crippen molar-refractivity contribution in [1.29, 1.82) is 0 Å². The van der Waals surface area contributed by atoms with Crippen LogP contribution in [0.4, 0.5) is 22.0 Å². The van der Waals surface area contributed by atoms with Gasteiger partial charge in [0, 0.05) is 17.5 Å². The van der Waals surface area contributed by atoms with Gasteiger partial charge in [-0.15, -0.1) is 12.4 Å². The molecule has 0 heterocycles. The molecule has 0 fully saturated rings. The molecule has 2 N–H and O–H groups in total. The van der Waals surface area contributed by atoms with E-state index in [1.54, 1.807) is 0 Å². The van der Waals surface area contributed by atoms with Gasteiger partial charge >= 0.3 is 6.18 Å². The first-order chi connectivity index (χ1) is 7.70. The Bertz CT molecular complexity index is 394. The van der Waals surface area contributed by atoms with Crippen LogP contribution in [0, 0.1) is 0 Å². The average molecular weight is 310 g/mol. The minimum atomic E-state index is -4.58. The zero-order valence-electron chi connectivity index (χ0n) is 8.85. The van der Waals surface area contributed by atoms with E-state index in [2.05, 4.69) is 0 Å². The summed E-state index contributed by atoms with van der Waals surface area (Å²) in [6.45, 7) is 0. The van der Waals surface area contributed by atoms with E-state index in [0.717, 1.165) is 18.2 Å². The molecule has 0 unspecified atom stereocenters. The SMILES string of the molecule is Cl.N[C@@H](CC(F)F)c1cc(Cl)cc(C(F)(F)F)c1. The maximum absolute atomic E-state index is 12.4. The number of benzene rings is 1. The molecular formula is C10H10Cl2F5N. The molecule has 0 saturated carbocycles. The van der Waals surface area contributed by atoms with Gasteiger partial charge in [-0.2, -0.15) is 13.2 Å². The number of rotatable bonds is 3. The average Bonchev–Trinajstić information content (AvgIpc) is 2.14. The number of alkyl halides is 5. The van der Waals surface area contributed by atoms with Gasteiger partial charge in [-0.3, -0.25) is 0 Å². The van der Waals surface area contributed by atoms with E-state index in [1.807, 2.05) is 0 Å². The highest BCUT2D eigenvalue weighted by atomic mass is 35.5. The van der Waals surface area contributed by atoms with Crippen LogP contribution in [-0.4, -0.2) is 6.43 Å². The van der Waals surface area contributed by atoms with E-state index >= 15 is 0 Å². The number of hydrogen-bond donors (Lipinski definition) is 1. The van der Waals surface area contributed by atoms with Gasteiger partial charge in [0.25, 0.3) is 0 Å². The van der Waals surface area contributed by atoms with E-state index in [-0.39, 0.29) is 23.0 Å². The standard InChI is InChI=1S/C10H9ClF5N.ClH/c11-7-2-5(8(17)4-9(12)13)1-6(3-7)10(14,15)16;/h1-3,8-9H,4,17H2;1H/t8-;/m0./s1. The van der Waals surface area contributed by atoms with Crippen molar-refractivity contribution in [3.05, 3.63) is 34.3 Å². The van der Waals surface area contributed by atoms with Gasteiger partial charge in [0.2, 0.25) is 6.43 Å². The fourth-order valence-corrected chi connectivity index (χ4v) is 1.56. The molecule has 1 rings (SSSR count). The van der Waals surface area contributed by atoms with E-state index < -0.39 is 30.6 Å². The Hall–Kier alpha value is -0.590. The van der Waals surface area contributed by atoms with Crippen molar-refractivity contribution < 1.29 is 22.0 Å². The molecule has 0 aliphatic rings. The second kappa shape index (κ2) is 6.54. The zero-order chi connectivity index (χ0) is 13.2. The molecule has 0 bridgehead atoms. The highest BCUT2D eigenvalue weighted by molar-refractivity contribution is 6.30. The summed E-state index contributed by atoms with van der Waals surface area (Å²) in [6.07, 6.45) is -7.97. The molecule has 0 spiro atoms. The first-order valence-electron chi connectivity index (χ1n) is 4.61. The highest BCUT2D eigenvalue weighted by Crippen LogP contribution is 2.33. The van der Waals surface area contributed by atoms with Crippen LogP contribution in [0.15, 0.2) is 18.2 Å². The predicted octanol–water partition coefficient (Wildman–Crippen LogP) is 4.44. The molecule has 1 aromatic carbocycles. The van der Waals surface area contributed by atoms with Gasteiger partial charge in [-0.1, -0.05) is 11.6 Å². The zero-order valence-corrected chi connectivity index (χ0v) is 10.4. The molecule has 8 heteroatoms. The van der Waals surface area contributed by atoms with Crippen LogP contribution in [0.25, 0.3) is 0 Å². The van der Waals surface area contributed by atoms with E-state index in [0.29, 0.717) is 0 Å². The Morgan fingerprint density at radius 1 is 1.17 bits per heavy atom. The fraction of sp³-hybridized carbons (Fsp3) is 0.400. The summed E-state index contributed by atoms with van der Waals surface area (Å²) in [7, 11) is 0. The lowest BCUT2D eigenvalue weighted by Crippen LogP contribution is -2.15. The smallest absolute Gasteiger partial charge is 0.324 e. The van der Waals surface area contributed by atoms with Gasteiger partial charge < -0.3 is 5.73 Å². The summed E-state index contributed by atoms with van der Waals surface area (Å²) in [5, 5.41) is -0.181. The minimum absolute atomic E-state index is 0. The normalized spacial score (nSPS) is 13.3. The quantitative estimate of drug-likeness (QED) is 0.821. The lowest BCUT2D eigenvalue weighted by molar-refractivity contribution is -0.137. The molecule has 0 aliphatic carbocycles. The van der Waals surface area contributed by atoms with E-state index in [9.17, 15) is 22.0 Å². The van der Waals surface area contributed by atoms with Gasteiger partial charge in [-0.25, -0.2) is 8.78 Å². The summed E-state index contributed by atoms with van der Waals surface area (Å²) in [6, 6.07) is 1.44. The Kier molecular flexibility index (Phi) is 6.33. The van der Waals surface area contributed by atoms with Crippen LogP contribution >= 0.6 is 24.0 Å². The Morgan fingerprint density at radius 3 is 2.17 bits per heavy atom. The van der Waals surface area contributed by atoms with Crippen molar-refractivity contribution in [3.63, 3.8) is 0 Å². The van der Waals surface area contributed by atoms with Crippen molar-refractivity contribution in [3.8, 4) is 0 Å². The maximum atomic E-state index is 12.4. The summed E-state index contributed by atoms with van der Waals surface area (Å²) in [4.78, 5) is 0. The largest absolute Gasteiger partial charge is 0.416 e. The lowest BCUT2D eigenvalue weighted by atomic mass is 10.0. The topological polar surface area (TPSA) is 26.0 Å². The van der Waals surface area contributed by atoms with Crippen LogP contribution in [0.2, 0.25) is 5.02 Å². The maximum Gasteiger partial charge on any atom is 0.416 e. The first kappa shape index (κ1) is 17.4. The Balaban J connectivity index is 0.00000289. The minimum Gasteiger partial charge on any atom is -0.324 e. The van der Waals surface area contributed by atoms with Crippen molar-refractivity contribution >= 4 is 24.0 Å². The van der Waals surface area contributed by atoms with Gasteiger partial charge in [0.1, 0.15) is 0 Å². The molecule has 1 atom stereocenters. The number of nitrogens with two attached hydrogens (primary N) is 1. The summed E-state index contributed by atoms with van der Waals surface area (Å²) >= 11 is 5.49. The third-order valence-electron chi connectivity index (χ3n) is 2.11. The summed E-state index contributed by atoms with van der Waals surface area (Å²) < 4.78 is 61.4. The van der Waals surface area contributed by atoms with Crippen LogP contribution in [0.3, 0.4) is 0 Å². The third kappa shape index (κ3) is 4.96. The van der Waals surface area contributed by atoms with Crippen LogP contribution in [0.1, 0.15) is 23.6 Å². The van der Waals surface area contributed by atoms with Crippen molar-refractivity contribution in [1.82, 2.24) is 0 Å². The molecule has 0 amide bonds. The molecule has 1 aromatic rings. The van der Waals surface area contributed by atoms with Gasteiger partial charge in [0.05, 0.1) is 5.56 Å². The van der Waals surface area contributed by atoms with Gasteiger partial charge in [-0.05, 0) is 23.8 Å². The van der Waals surface area contributed by atoms with Crippen molar-refractivity contribution in [2.45, 2.75) is 25.1 Å². The predicted molar refractivity (Wildman–Crippen MR) is 61.3 cm³/mol. The molecule has 0 aliphatic heterocycles. The van der Waals surface area contributed by atoms with E-state index in [1.165, 1.54) is 0 Å². The van der Waals surface area contributed by atoms with Crippen LogP contribution in [-0.2, 0) is 6.18 Å². The van der Waals surface area contributed by atoms with Crippen molar-refractivity contribution in [2.24, 2.45) is 5.73 Å². The monoisotopic (exact) mass is 309 g/mol. The second-order valence-electron chi connectivity index (χ2n) is 3.50. The van der Waals surface area contributed by atoms with Crippen molar-refractivity contribution in [2.75, 3.05) is 0 Å². The van der Waals surface area contributed by atoms with Crippen LogP contribution < -0.4 is 5.73 Å². The third-order valence-corrected chi connectivity index (χ3v) is 2.33. The Morgan fingerprint density at radius 2 is 1.72 bits per heavy atom. The van der Waals surface area contributed by atoms with Gasteiger partial charge in [0.15, 0.2) is 0 Å². The molecule has 18 heavy (non-hydrogen) atoms. The highest BCUT2D eigenvalue weighted by Gasteiger charge is 2.31. The van der Waals surface area contributed by atoms with Crippen LogP contribution in [0.5, 0.6) is 0 Å². The molecule has 0 saturated heterocycles.